The molecular formula is C17H15FN2O. The number of rotatable bonds is 2. The van der Waals surface area contributed by atoms with E-state index in [0.717, 1.165) is 35.3 Å². The van der Waals surface area contributed by atoms with Crippen molar-refractivity contribution in [3.05, 3.63) is 47.8 Å². The summed E-state index contributed by atoms with van der Waals surface area (Å²) in [6.07, 6.45) is 2.24. The van der Waals surface area contributed by atoms with Crippen molar-refractivity contribution >= 4 is 11.0 Å². The Bertz CT molecular complexity index is 849. The summed E-state index contributed by atoms with van der Waals surface area (Å²) in [6, 6.07) is 10.6. The highest BCUT2D eigenvalue weighted by Crippen LogP contribution is 2.42. The molecule has 0 radical (unpaired) electrons. The van der Waals surface area contributed by atoms with Crippen LogP contribution in [0, 0.1) is 12.7 Å². The van der Waals surface area contributed by atoms with Gasteiger partial charge in [-0.15, -0.1) is 0 Å². The predicted molar refractivity (Wildman–Crippen MR) is 79.8 cm³/mol. The van der Waals surface area contributed by atoms with Crippen LogP contribution in [0.25, 0.3) is 22.4 Å². The number of nitrogens with zero attached hydrogens (tertiary/aromatic N) is 2. The molecule has 1 aromatic heterocycles. The van der Waals surface area contributed by atoms with Gasteiger partial charge < -0.3 is 9.67 Å². The summed E-state index contributed by atoms with van der Waals surface area (Å²) in [4.78, 5) is 4.62. The van der Waals surface area contributed by atoms with Crippen LogP contribution < -0.4 is 0 Å². The number of aromatic hydroxyl groups is 1. The summed E-state index contributed by atoms with van der Waals surface area (Å²) < 4.78 is 15.6. The molecule has 0 spiro atoms. The molecule has 4 heteroatoms. The molecule has 3 aromatic rings. The molecule has 0 aliphatic heterocycles. The molecule has 0 unspecified atom stereocenters. The fourth-order valence-electron chi connectivity index (χ4n) is 2.83. The summed E-state index contributed by atoms with van der Waals surface area (Å²) in [5, 5.41) is 9.93. The van der Waals surface area contributed by atoms with Gasteiger partial charge in [0.25, 0.3) is 0 Å². The molecular weight excluding hydrogens is 267 g/mol. The highest BCUT2D eigenvalue weighted by molar-refractivity contribution is 5.82. The van der Waals surface area contributed by atoms with E-state index in [0.29, 0.717) is 11.6 Å². The highest BCUT2D eigenvalue weighted by atomic mass is 19.1. The van der Waals surface area contributed by atoms with Gasteiger partial charge in [-0.25, -0.2) is 9.37 Å². The fourth-order valence-corrected chi connectivity index (χ4v) is 2.83. The van der Waals surface area contributed by atoms with Gasteiger partial charge in [-0.05, 0) is 38.0 Å². The first-order valence-electron chi connectivity index (χ1n) is 7.11. The standard InChI is InChI=1S/C17H15FN2O/c1-10-13(3-2-4-16(10)21)17-19-14-9-11(18)5-8-15(14)20(17)12-6-7-12/h2-5,8-9,12,21H,6-7H2,1H3. The maximum absolute atomic E-state index is 13.5. The summed E-state index contributed by atoms with van der Waals surface area (Å²) in [5.74, 6) is 0.793. The first kappa shape index (κ1) is 12.4. The third-order valence-electron chi connectivity index (χ3n) is 4.11. The van der Waals surface area contributed by atoms with E-state index in [9.17, 15) is 9.50 Å². The number of aromatic nitrogens is 2. The largest absolute Gasteiger partial charge is 0.508 e. The first-order chi connectivity index (χ1) is 10.1. The van der Waals surface area contributed by atoms with E-state index in [4.69, 9.17) is 0 Å². The lowest BCUT2D eigenvalue weighted by molar-refractivity contribution is 0.471. The van der Waals surface area contributed by atoms with E-state index in [-0.39, 0.29) is 11.6 Å². The van der Waals surface area contributed by atoms with Gasteiger partial charge in [0, 0.05) is 23.2 Å². The SMILES string of the molecule is Cc1c(O)cccc1-c1nc2cc(F)ccc2n1C1CC1. The van der Waals surface area contributed by atoms with Crippen LogP contribution in [0.2, 0.25) is 0 Å². The van der Waals surface area contributed by atoms with Crippen molar-refractivity contribution in [1.29, 1.82) is 0 Å². The minimum Gasteiger partial charge on any atom is -0.508 e. The summed E-state index contributed by atoms with van der Waals surface area (Å²) >= 11 is 0. The third-order valence-corrected chi connectivity index (χ3v) is 4.11. The molecule has 1 fully saturated rings. The Kier molecular flexibility index (Phi) is 2.55. The molecule has 106 valence electrons. The van der Waals surface area contributed by atoms with Gasteiger partial charge in [0.05, 0.1) is 11.0 Å². The van der Waals surface area contributed by atoms with E-state index in [1.165, 1.54) is 12.1 Å². The number of fused-ring (bicyclic) bond motifs is 1. The molecule has 1 aliphatic carbocycles. The minimum atomic E-state index is -0.276. The van der Waals surface area contributed by atoms with Crippen LogP contribution in [0.5, 0.6) is 5.75 Å². The van der Waals surface area contributed by atoms with Crippen molar-refractivity contribution in [1.82, 2.24) is 9.55 Å². The average molecular weight is 282 g/mol. The van der Waals surface area contributed by atoms with Gasteiger partial charge in [-0.2, -0.15) is 0 Å². The average Bonchev–Trinajstić information content (AvgIpc) is 3.23. The normalized spacial score (nSPS) is 14.8. The zero-order valence-corrected chi connectivity index (χ0v) is 11.7. The van der Waals surface area contributed by atoms with Gasteiger partial charge in [-0.3, -0.25) is 0 Å². The zero-order chi connectivity index (χ0) is 14.6. The second-order valence-corrected chi connectivity index (χ2v) is 5.62. The molecule has 1 saturated carbocycles. The topological polar surface area (TPSA) is 38.1 Å². The Morgan fingerprint density at radius 3 is 2.81 bits per heavy atom. The lowest BCUT2D eigenvalue weighted by Crippen LogP contribution is -1.98. The Balaban J connectivity index is 2.03. The molecule has 21 heavy (non-hydrogen) atoms. The Morgan fingerprint density at radius 2 is 2.05 bits per heavy atom. The van der Waals surface area contributed by atoms with Crippen molar-refractivity contribution < 1.29 is 9.50 Å². The minimum absolute atomic E-state index is 0.257. The molecule has 3 nitrogen and oxygen atoms in total. The smallest absolute Gasteiger partial charge is 0.141 e. The Labute approximate surface area is 121 Å². The Morgan fingerprint density at radius 1 is 1.24 bits per heavy atom. The van der Waals surface area contributed by atoms with Crippen LogP contribution in [0.4, 0.5) is 4.39 Å². The number of phenolic OH excluding ortho intramolecular Hbond substituents is 1. The second-order valence-electron chi connectivity index (χ2n) is 5.62. The van der Waals surface area contributed by atoms with Crippen molar-refractivity contribution in [3.63, 3.8) is 0 Å². The van der Waals surface area contributed by atoms with Crippen LogP contribution in [-0.2, 0) is 0 Å². The molecule has 2 aromatic carbocycles. The number of benzene rings is 2. The van der Waals surface area contributed by atoms with Crippen molar-refractivity contribution in [2.45, 2.75) is 25.8 Å². The number of hydrogen-bond donors (Lipinski definition) is 1. The van der Waals surface area contributed by atoms with Crippen LogP contribution in [0.3, 0.4) is 0 Å². The summed E-state index contributed by atoms with van der Waals surface area (Å²) in [6.45, 7) is 1.88. The number of imidazole rings is 1. The zero-order valence-electron chi connectivity index (χ0n) is 11.7. The Hall–Kier alpha value is -2.36. The monoisotopic (exact) mass is 282 g/mol. The molecule has 0 atom stereocenters. The van der Waals surface area contributed by atoms with E-state index < -0.39 is 0 Å². The molecule has 0 bridgehead atoms. The highest BCUT2D eigenvalue weighted by Gasteiger charge is 2.29. The van der Waals surface area contributed by atoms with Gasteiger partial charge in [0.15, 0.2) is 0 Å². The quantitative estimate of drug-likeness (QED) is 0.765. The molecule has 0 amide bonds. The van der Waals surface area contributed by atoms with E-state index in [2.05, 4.69) is 9.55 Å². The van der Waals surface area contributed by atoms with Crippen LogP contribution in [0.1, 0.15) is 24.4 Å². The van der Waals surface area contributed by atoms with Crippen molar-refractivity contribution in [2.75, 3.05) is 0 Å². The third kappa shape index (κ3) is 1.90. The van der Waals surface area contributed by atoms with E-state index in [1.807, 2.05) is 19.1 Å². The summed E-state index contributed by atoms with van der Waals surface area (Å²) in [7, 11) is 0. The lowest BCUT2D eigenvalue weighted by Gasteiger charge is -2.10. The van der Waals surface area contributed by atoms with E-state index in [1.54, 1.807) is 12.1 Å². The molecule has 1 N–H and O–H groups in total. The van der Waals surface area contributed by atoms with Gasteiger partial charge >= 0.3 is 0 Å². The van der Waals surface area contributed by atoms with Gasteiger partial charge in [0.2, 0.25) is 0 Å². The van der Waals surface area contributed by atoms with E-state index >= 15 is 0 Å². The van der Waals surface area contributed by atoms with Crippen LogP contribution in [-0.4, -0.2) is 14.7 Å². The van der Waals surface area contributed by atoms with Gasteiger partial charge in [0.1, 0.15) is 17.4 Å². The molecule has 4 rings (SSSR count). The van der Waals surface area contributed by atoms with Crippen LogP contribution in [0.15, 0.2) is 36.4 Å². The summed E-state index contributed by atoms with van der Waals surface area (Å²) in [5.41, 5.74) is 3.32. The predicted octanol–water partition coefficient (Wildman–Crippen LogP) is 4.19. The first-order valence-corrected chi connectivity index (χ1v) is 7.11. The fraction of sp³-hybridized carbons (Fsp3) is 0.235. The number of phenols is 1. The molecule has 0 saturated heterocycles. The maximum atomic E-state index is 13.5. The molecule has 1 aliphatic rings. The van der Waals surface area contributed by atoms with Crippen molar-refractivity contribution in [3.8, 4) is 17.1 Å². The van der Waals surface area contributed by atoms with Crippen molar-refractivity contribution in [2.24, 2.45) is 0 Å². The van der Waals surface area contributed by atoms with Crippen LogP contribution >= 0.6 is 0 Å². The maximum Gasteiger partial charge on any atom is 0.141 e. The number of halogens is 1. The van der Waals surface area contributed by atoms with Gasteiger partial charge in [-0.1, -0.05) is 12.1 Å². The second kappa shape index (κ2) is 4.32. The number of hydrogen-bond acceptors (Lipinski definition) is 2. The molecule has 1 heterocycles. The lowest BCUT2D eigenvalue weighted by atomic mass is 10.1.